The van der Waals surface area contributed by atoms with E-state index in [1.54, 1.807) is 18.0 Å². The van der Waals surface area contributed by atoms with Crippen LogP contribution in [0.4, 0.5) is 5.69 Å². The Morgan fingerprint density at radius 1 is 1.38 bits per heavy atom. The maximum absolute atomic E-state index is 12.2. The molecule has 0 aliphatic carbocycles. The van der Waals surface area contributed by atoms with Crippen molar-refractivity contribution >= 4 is 11.6 Å². The molecule has 1 aromatic carbocycles. The molecule has 0 fully saturated rings. The second-order valence-electron chi connectivity index (χ2n) is 5.32. The van der Waals surface area contributed by atoms with E-state index in [-0.39, 0.29) is 24.6 Å². The number of nitrogens with zero attached hydrogens (tertiary/aromatic N) is 1. The van der Waals surface area contributed by atoms with Gasteiger partial charge < -0.3 is 20.1 Å². The molecule has 0 bridgehead atoms. The Morgan fingerprint density at radius 3 is 2.57 bits per heavy atom. The summed E-state index contributed by atoms with van der Waals surface area (Å²) in [6, 6.07) is 5.30. The normalized spacial score (nSPS) is 12.1. The number of benzene rings is 1. The molecule has 1 unspecified atom stereocenters. The number of aliphatic hydroxyl groups excluding tert-OH is 1. The summed E-state index contributed by atoms with van der Waals surface area (Å²) in [7, 11) is 1.79. The molecule has 5 nitrogen and oxygen atoms in total. The molecule has 1 atom stereocenters. The van der Waals surface area contributed by atoms with Gasteiger partial charge in [-0.2, -0.15) is 0 Å². The largest absolute Gasteiger partial charge is 0.494 e. The summed E-state index contributed by atoms with van der Waals surface area (Å²) in [6.07, 6.45) is 0. The van der Waals surface area contributed by atoms with E-state index in [1.807, 2.05) is 39.8 Å². The molecule has 118 valence electrons. The second kappa shape index (κ2) is 7.88. The van der Waals surface area contributed by atoms with Crippen molar-refractivity contribution in [3.63, 3.8) is 0 Å². The molecule has 0 aromatic heterocycles. The van der Waals surface area contributed by atoms with Gasteiger partial charge in [0, 0.05) is 24.3 Å². The Kier molecular flexibility index (Phi) is 6.49. The zero-order chi connectivity index (χ0) is 16.0. The SMILES string of the molecule is CCOc1ccc(NC(C)C(=O)N(C)C(C)C)cc1CO. The van der Waals surface area contributed by atoms with Gasteiger partial charge in [-0.3, -0.25) is 4.79 Å². The Bertz CT molecular complexity index is 475. The minimum Gasteiger partial charge on any atom is -0.494 e. The van der Waals surface area contributed by atoms with Crippen LogP contribution in [0.25, 0.3) is 0 Å². The summed E-state index contributed by atoms with van der Waals surface area (Å²) in [5.41, 5.74) is 1.50. The van der Waals surface area contributed by atoms with Crippen LogP contribution < -0.4 is 10.1 Å². The van der Waals surface area contributed by atoms with Gasteiger partial charge in [-0.1, -0.05) is 0 Å². The Labute approximate surface area is 126 Å². The zero-order valence-electron chi connectivity index (χ0n) is 13.5. The maximum atomic E-state index is 12.2. The number of nitrogens with one attached hydrogen (secondary N) is 1. The molecular weight excluding hydrogens is 268 g/mol. The quantitative estimate of drug-likeness (QED) is 0.809. The summed E-state index contributed by atoms with van der Waals surface area (Å²) in [5, 5.41) is 12.6. The molecule has 5 heteroatoms. The first kappa shape index (κ1) is 17.3. The van der Waals surface area contributed by atoms with Crippen molar-refractivity contribution in [3.8, 4) is 5.75 Å². The average Bonchev–Trinajstić information content (AvgIpc) is 2.47. The van der Waals surface area contributed by atoms with Crippen molar-refractivity contribution in [2.45, 2.75) is 46.4 Å². The van der Waals surface area contributed by atoms with Crippen LogP contribution in [0, 0.1) is 0 Å². The van der Waals surface area contributed by atoms with Crippen LogP contribution in [0.15, 0.2) is 18.2 Å². The summed E-state index contributed by atoms with van der Waals surface area (Å²) >= 11 is 0. The van der Waals surface area contributed by atoms with Crippen molar-refractivity contribution in [2.75, 3.05) is 19.0 Å². The third-order valence-electron chi connectivity index (χ3n) is 3.41. The van der Waals surface area contributed by atoms with Crippen LogP contribution in [0.5, 0.6) is 5.75 Å². The summed E-state index contributed by atoms with van der Waals surface area (Å²) in [6.45, 7) is 8.13. The molecule has 1 rings (SSSR count). The highest BCUT2D eigenvalue weighted by Gasteiger charge is 2.19. The molecule has 21 heavy (non-hydrogen) atoms. The van der Waals surface area contributed by atoms with E-state index in [2.05, 4.69) is 5.32 Å². The standard InChI is InChI=1S/C16H26N2O3/c1-6-21-15-8-7-14(9-13(15)10-19)17-12(4)16(20)18(5)11(2)3/h7-9,11-12,17,19H,6,10H2,1-5H3. The Balaban J connectivity index is 2.81. The van der Waals surface area contributed by atoms with Crippen LogP contribution >= 0.6 is 0 Å². The fraction of sp³-hybridized carbons (Fsp3) is 0.562. The van der Waals surface area contributed by atoms with E-state index in [1.165, 1.54) is 0 Å². The van der Waals surface area contributed by atoms with Gasteiger partial charge in [0.2, 0.25) is 5.91 Å². The highest BCUT2D eigenvalue weighted by Crippen LogP contribution is 2.23. The fourth-order valence-electron chi connectivity index (χ4n) is 1.96. The number of carbonyl (C=O) groups excluding carboxylic acids is 1. The van der Waals surface area contributed by atoms with Gasteiger partial charge in [-0.25, -0.2) is 0 Å². The number of hydrogen-bond acceptors (Lipinski definition) is 4. The van der Waals surface area contributed by atoms with E-state index >= 15 is 0 Å². The second-order valence-corrected chi connectivity index (χ2v) is 5.32. The molecule has 1 aromatic rings. The molecule has 2 N–H and O–H groups in total. The third-order valence-corrected chi connectivity index (χ3v) is 3.41. The van der Waals surface area contributed by atoms with Gasteiger partial charge in [0.05, 0.1) is 13.2 Å². The molecule has 0 heterocycles. The average molecular weight is 294 g/mol. The number of amides is 1. The van der Waals surface area contributed by atoms with Crippen molar-refractivity contribution in [2.24, 2.45) is 0 Å². The van der Waals surface area contributed by atoms with Gasteiger partial charge in [0.25, 0.3) is 0 Å². The number of likely N-dealkylation sites (N-methyl/N-ethyl adjacent to an activating group) is 1. The molecule has 0 spiro atoms. The number of ether oxygens (including phenoxy) is 1. The summed E-state index contributed by atoms with van der Waals surface area (Å²) in [5.74, 6) is 0.702. The van der Waals surface area contributed by atoms with Gasteiger partial charge >= 0.3 is 0 Å². The third kappa shape index (κ3) is 4.63. The molecule has 0 saturated carbocycles. The van der Waals surface area contributed by atoms with Gasteiger partial charge in [0.15, 0.2) is 0 Å². The molecule has 0 aliphatic heterocycles. The monoisotopic (exact) mass is 294 g/mol. The van der Waals surface area contributed by atoms with Crippen LogP contribution in [0.2, 0.25) is 0 Å². The van der Waals surface area contributed by atoms with E-state index in [0.29, 0.717) is 17.9 Å². The first-order chi connectivity index (χ1) is 9.90. The number of aliphatic hydroxyl groups is 1. The lowest BCUT2D eigenvalue weighted by Crippen LogP contribution is -2.42. The molecular formula is C16H26N2O3. The van der Waals surface area contributed by atoms with E-state index < -0.39 is 0 Å². The molecule has 1 amide bonds. The lowest BCUT2D eigenvalue weighted by molar-refractivity contribution is -0.131. The Hall–Kier alpha value is -1.75. The van der Waals surface area contributed by atoms with E-state index in [9.17, 15) is 9.90 Å². The highest BCUT2D eigenvalue weighted by atomic mass is 16.5. The predicted octanol–water partition coefficient (Wildman–Crippen LogP) is 2.24. The van der Waals surface area contributed by atoms with Gasteiger partial charge in [-0.15, -0.1) is 0 Å². The Morgan fingerprint density at radius 2 is 2.05 bits per heavy atom. The van der Waals surface area contributed by atoms with Crippen LogP contribution in [0.1, 0.15) is 33.3 Å². The number of rotatable bonds is 7. The first-order valence-corrected chi connectivity index (χ1v) is 7.30. The van der Waals surface area contributed by atoms with E-state index in [4.69, 9.17) is 4.74 Å². The first-order valence-electron chi connectivity index (χ1n) is 7.30. The smallest absolute Gasteiger partial charge is 0.244 e. The van der Waals surface area contributed by atoms with Crippen molar-refractivity contribution in [1.82, 2.24) is 4.90 Å². The van der Waals surface area contributed by atoms with Crippen molar-refractivity contribution in [1.29, 1.82) is 0 Å². The predicted molar refractivity (Wildman–Crippen MR) is 84.5 cm³/mol. The van der Waals surface area contributed by atoms with Crippen molar-refractivity contribution in [3.05, 3.63) is 23.8 Å². The summed E-state index contributed by atoms with van der Waals surface area (Å²) < 4.78 is 5.44. The lowest BCUT2D eigenvalue weighted by Gasteiger charge is -2.26. The minimum atomic E-state index is -0.332. The van der Waals surface area contributed by atoms with Gasteiger partial charge in [-0.05, 0) is 45.9 Å². The number of anilines is 1. The van der Waals surface area contributed by atoms with Crippen molar-refractivity contribution < 1.29 is 14.6 Å². The molecule has 0 saturated heterocycles. The zero-order valence-corrected chi connectivity index (χ0v) is 13.5. The minimum absolute atomic E-state index is 0.0319. The maximum Gasteiger partial charge on any atom is 0.244 e. The van der Waals surface area contributed by atoms with E-state index in [0.717, 1.165) is 5.69 Å². The highest BCUT2D eigenvalue weighted by molar-refractivity contribution is 5.84. The van der Waals surface area contributed by atoms with Crippen LogP contribution in [-0.2, 0) is 11.4 Å². The summed E-state index contributed by atoms with van der Waals surface area (Å²) in [4.78, 5) is 13.9. The molecule has 0 radical (unpaired) electrons. The van der Waals surface area contributed by atoms with Crippen LogP contribution in [-0.4, -0.2) is 41.7 Å². The number of hydrogen-bond donors (Lipinski definition) is 2. The molecule has 0 aliphatic rings. The topological polar surface area (TPSA) is 61.8 Å². The van der Waals surface area contributed by atoms with Crippen LogP contribution in [0.3, 0.4) is 0 Å². The fourth-order valence-corrected chi connectivity index (χ4v) is 1.96. The lowest BCUT2D eigenvalue weighted by atomic mass is 10.1. The van der Waals surface area contributed by atoms with Gasteiger partial charge in [0.1, 0.15) is 11.8 Å². The number of carbonyl (C=O) groups is 1.